The first-order valence-electron chi connectivity index (χ1n) is 11.1. The highest BCUT2D eigenvalue weighted by Gasteiger charge is 2.38. The number of nitrogens with one attached hydrogen (secondary N) is 1. The molecule has 1 N–H and O–H groups in total. The first kappa shape index (κ1) is 24.4. The van der Waals surface area contributed by atoms with Crippen LogP contribution < -0.4 is 5.32 Å². The molecule has 0 bridgehead atoms. The lowest BCUT2D eigenvalue weighted by Crippen LogP contribution is -2.45. The maximum atomic E-state index is 14.1. The lowest BCUT2D eigenvalue weighted by atomic mass is 10.00. The van der Waals surface area contributed by atoms with Gasteiger partial charge < -0.3 is 15.0 Å². The van der Waals surface area contributed by atoms with Gasteiger partial charge >= 0.3 is 5.97 Å². The molecule has 3 aromatic carbocycles. The van der Waals surface area contributed by atoms with Crippen molar-refractivity contribution in [2.24, 2.45) is 5.92 Å². The number of fused-ring (bicyclic) bond motifs is 1. The minimum absolute atomic E-state index is 0.0941. The van der Waals surface area contributed by atoms with Crippen molar-refractivity contribution in [2.45, 2.75) is 26.4 Å². The van der Waals surface area contributed by atoms with Crippen LogP contribution >= 0.6 is 11.6 Å². The summed E-state index contributed by atoms with van der Waals surface area (Å²) in [6.45, 7) is 4.10. The van der Waals surface area contributed by atoms with E-state index in [9.17, 15) is 18.8 Å². The van der Waals surface area contributed by atoms with Gasteiger partial charge in [-0.1, -0.05) is 55.8 Å². The van der Waals surface area contributed by atoms with Gasteiger partial charge in [0.2, 0.25) is 0 Å². The molecule has 1 heterocycles. The number of carbonyl (C=O) groups is 3. The molecule has 0 saturated heterocycles. The number of esters is 1. The summed E-state index contributed by atoms with van der Waals surface area (Å²) in [7, 11) is 1.32. The third-order valence-corrected chi connectivity index (χ3v) is 6.32. The van der Waals surface area contributed by atoms with Crippen molar-refractivity contribution in [3.63, 3.8) is 0 Å². The molecule has 0 aliphatic carbocycles. The number of ether oxygens (including phenoxy) is 1. The maximum Gasteiger partial charge on any atom is 0.328 e. The van der Waals surface area contributed by atoms with Crippen LogP contribution in [0.4, 0.5) is 10.1 Å². The molecule has 1 aliphatic heterocycles. The molecule has 0 fully saturated rings. The van der Waals surface area contributed by atoms with E-state index in [-0.39, 0.29) is 22.4 Å². The second kappa shape index (κ2) is 9.88. The second-order valence-corrected chi connectivity index (χ2v) is 9.06. The van der Waals surface area contributed by atoms with Crippen molar-refractivity contribution < 1.29 is 23.5 Å². The van der Waals surface area contributed by atoms with Crippen LogP contribution in [0.3, 0.4) is 0 Å². The van der Waals surface area contributed by atoms with Gasteiger partial charge in [0.15, 0.2) is 5.82 Å². The number of amides is 2. The molecule has 1 atom stereocenters. The highest BCUT2D eigenvalue weighted by atomic mass is 35.5. The van der Waals surface area contributed by atoms with Crippen molar-refractivity contribution >= 4 is 35.1 Å². The summed E-state index contributed by atoms with van der Waals surface area (Å²) in [6.07, 6.45) is 0. The molecule has 4 rings (SSSR count). The molecule has 6 nitrogen and oxygen atoms in total. The van der Waals surface area contributed by atoms with Crippen LogP contribution in [0.15, 0.2) is 60.7 Å². The maximum absolute atomic E-state index is 14.1. The monoisotopic (exact) mass is 494 g/mol. The Labute approximate surface area is 207 Å². The van der Waals surface area contributed by atoms with Gasteiger partial charge in [0.1, 0.15) is 6.04 Å². The summed E-state index contributed by atoms with van der Waals surface area (Å²) < 4.78 is 19.0. The molecule has 180 valence electrons. The Balaban J connectivity index is 1.53. The van der Waals surface area contributed by atoms with Crippen LogP contribution in [-0.2, 0) is 16.1 Å². The molecule has 0 saturated carbocycles. The topological polar surface area (TPSA) is 75.7 Å². The van der Waals surface area contributed by atoms with Crippen molar-refractivity contribution in [1.29, 1.82) is 0 Å². The van der Waals surface area contributed by atoms with E-state index in [0.717, 1.165) is 16.7 Å². The summed E-state index contributed by atoms with van der Waals surface area (Å²) in [5.41, 5.74) is 3.39. The van der Waals surface area contributed by atoms with Crippen LogP contribution in [0, 0.1) is 11.7 Å². The molecule has 1 unspecified atom stereocenters. The first-order valence-corrected chi connectivity index (χ1v) is 11.5. The van der Waals surface area contributed by atoms with Gasteiger partial charge in [-0.05, 0) is 52.9 Å². The van der Waals surface area contributed by atoms with E-state index in [2.05, 4.69) is 5.32 Å². The molecule has 0 aromatic heterocycles. The lowest BCUT2D eigenvalue weighted by molar-refractivity contribution is -0.147. The molecule has 35 heavy (non-hydrogen) atoms. The van der Waals surface area contributed by atoms with E-state index < -0.39 is 23.7 Å². The third kappa shape index (κ3) is 4.77. The average molecular weight is 495 g/mol. The average Bonchev–Trinajstić information content (AvgIpc) is 3.16. The number of hydrogen-bond acceptors (Lipinski definition) is 4. The number of nitrogens with zero attached hydrogens (tertiary/aromatic N) is 1. The summed E-state index contributed by atoms with van der Waals surface area (Å²) in [4.78, 5) is 39.4. The molecule has 0 spiro atoms. The zero-order valence-corrected chi connectivity index (χ0v) is 20.2. The van der Waals surface area contributed by atoms with Crippen molar-refractivity contribution in [1.82, 2.24) is 4.90 Å². The van der Waals surface area contributed by atoms with Gasteiger partial charge in [0, 0.05) is 17.8 Å². The van der Waals surface area contributed by atoms with E-state index in [1.165, 1.54) is 25.3 Å². The predicted octanol–water partition coefficient (Wildman–Crippen LogP) is 5.55. The van der Waals surface area contributed by atoms with E-state index in [0.29, 0.717) is 17.8 Å². The Morgan fingerprint density at radius 3 is 2.40 bits per heavy atom. The standard InChI is InChI=1S/C27H24ClFN2O4/c1-15(2)24(27(34)35-3)31-14-18-8-7-17(13-21(18)26(31)33)16-9-11-19(12-10-16)30-25(32)20-5-4-6-22(28)23(20)29/h4-13,15,24H,14H2,1-3H3,(H,30,32). The van der Waals surface area contributed by atoms with E-state index in [4.69, 9.17) is 16.3 Å². The van der Waals surface area contributed by atoms with E-state index >= 15 is 0 Å². The summed E-state index contributed by atoms with van der Waals surface area (Å²) >= 11 is 5.76. The number of halogens is 2. The predicted molar refractivity (Wildman–Crippen MR) is 132 cm³/mol. The number of rotatable bonds is 6. The second-order valence-electron chi connectivity index (χ2n) is 8.65. The lowest BCUT2D eigenvalue weighted by Gasteiger charge is -2.28. The summed E-state index contributed by atoms with van der Waals surface area (Å²) in [6, 6.07) is 16.2. The summed E-state index contributed by atoms with van der Waals surface area (Å²) in [5.74, 6) is -2.11. The van der Waals surface area contributed by atoms with Crippen LogP contribution in [0.2, 0.25) is 5.02 Å². The Kier molecular flexibility index (Phi) is 6.89. The Morgan fingerprint density at radius 1 is 1.06 bits per heavy atom. The van der Waals surface area contributed by atoms with Crippen LogP contribution in [0.25, 0.3) is 11.1 Å². The van der Waals surface area contributed by atoms with Crippen molar-refractivity contribution in [3.05, 3.63) is 88.2 Å². The van der Waals surface area contributed by atoms with E-state index in [1.54, 1.807) is 35.2 Å². The van der Waals surface area contributed by atoms with Gasteiger partial charge in [-0.2, -0.15) is 0 Å². The SMILES string of the molecule is COC(=O)C(C(C)C)N1Cc2ccc(-c3ccc(NC(=O)c4cccc(Cl)c4F)cc3)cc2C1=O. The fourth-order valence-corrected chi connectivity index (χ4v) is 4.41. The Morgan fingerprint density at radius 2 is 1.74 bits per heavy atom. The van der Waals surface area contributed by atoms with Gasteiger partial charge in [-0.15, -0.1) is 0 Å². The molecule has 1 aliphatic rings. The number of benzene rings is 3. The van der Waals surface area contributed by atoms with Gasteiger partial charge in [0.05, 0.1) is 17.7 Å². The Bertz CT molecular complexity index is 1310. The molecule has 8 heteroatoms. The van der Waals surface area contributed by atoms with Gasteiger partial charge in [-0.25, -0.2) is 9.18 Å². The first-order chi connectivity index (χ1) is 16.7. The number of hydrogen-bond donors (Lipinski definition) is 1. The number of carbonyl (C=O) groups excluding carboxylic acids is 3. The minimum Gasteiger partial charge on any atom is -0.467 e. The minimum atomic E-state index is -0.771. The molecule has 0 radical (unpaired) electrons. The Hall–Kier alpha value is -3.71. The molecule has 2 amide bonds. The zero-order valence-electron chi connectivity index (χ0n) is 19.5. The highest BCUT2D eigenvalue weighted by molar-refractivity contribution is 6.31. The number of anilines is 1. The summed E-state index contributed by atoms with van der Waals surface area (Å²) in [5, 5.41) is 2.54. The smallest absolute Gasteiger partial charge is 0.328 e. The normalized spacial score (nSPS) is 13.5. The highest BCUT2D eigenvalue weighted by Crippen LogP contribution is 2.32. The fraction of sp³-hybridized carbons (Fsp3) is 0.222. The van der Waals surface area contributed by atoms with Gasteiger partial charge in [-0.3, -0.25) is 9.59 Å². The zero-order chi connectivity index (χ0) is 25.3. The quantitative estimate of drug-likeness (QED) is 0.456. The molecule has 3 aromatic rings. The van der Waals surface area contributed by atoms with Crippen molar-refractivity contribution in [2.75, 3.05) is 12.4 Å². The van der Waals surface area contributed by atoms with Crippen LogP contribution in [0.5, 0.6) is 0 Å². The molecular formula is C27H24ClFN2O4. The van der Waals surface area contributed by atoms with Crippen LogP contribution in [-0.4, -0.2) is 35.8 Å². The van der Waals surface area contributed by atoms with Crippen LogP contribution in [0.1, 0.15) is 40.1 Å². The van der Waals surface area contributed by atoms with Gasteiger partial charge in [0.25, 0.3) is 11.8 Å². The van der Waals surface area contributed by atoms with E-state index in [1.807, 2.05) is 26.0 Å². The number of methoxy groups -OCH3 is 1. The van der Waals surface area contributed by atoms with Crippen molar-refractivity contribution in [3.8, 4) is 11.1 Å². The molecular weight excluding hydrogens is 471 g/mol. The largest absolute Gasteiger partial charge is 0.467 e. The fourth-order valence-electron chi connectivity index (χ4n) is 4.23. The third-order valence-electron chi connectivity index (χ3n) is 6.02.